The van der Waals surface area contributed by atoms with Gasteiger partial charge in [0.15, 0.2) is 0 Å². The van der Waals surface area contributed by atoms with Crippen LogP contribution in [0.4, 0.5) is 5.69 Å². The molecule has 0 radical (unpaired) electrons. The molecule has 0 unspecified atom stereocenters. The summed E-state index contributed by atoms with van der Waals surface area (Å²) in [4.78, 5) is 15.9. The molecule has 1 aromatic heterocycles. The van der Waals surface area contributed by atoms with Crippen molar-refractivity contribution in [2.75, 3.05) is 19.5 Å². The van der Waals surface area contributed by atoms with Crippen LogP contribution < -0.4 is 14.8 Å². The highest BCUT2D eigenvalue weighted by atomic mass is 127. The lowest BCUT2D eigenvalue weighted by atomic mass is 10.2. The van der Waals surface area contributed by atoms with Crippen LogP contribution in [0.15, 0.2) is 42.7 Å². The molecule has 2 aromatic rings. The third-order valence-electron chi connectivity index (χ3n) is 2.83. The van der Waals surface area contributed by atoms with Crippen LogP contribution in [0.5, 0.6) is 11.5 Å². The lowest BCUT2D eigenvalue weighted by molar-refractivity contribution is -0.111. The van der Waals surface area contributed by atoms with Crippen LogP contribution in [0, 0.1) is 3.57 Å². The Morgan fingerprint density at radius 1 is 1.23 bits per heavy atom. The molecule has 2 rings (SSSR count). The third-order valence-corrected chi connectivity index (χ3v) is 3.69. The van der Waals surface area contributed by atoms with E-state index < -0.39 is 0 Å². The molecule has 0 saturated carbocycles. The number of carbonyl (C=O) groups is 1. The number of halogens is 1. The van der Waals surface area contributed by atoms with Crippen LogP contribution in [0.25, 0.3) is 6.08 Å². The first-order chi connectivity index (χ1) is 10.6. The largest absolute Gasteiger partial charge is 0.497 e. The van der Waals surface area contributed by atoms with E-state index in [2.05, 4.69) is 32.9 Å². The number of nitrogens with zero attached hydrogens (tertiary/aromatic N) is 1. The Morgan fingerprint density at radius 3 is 2.50 bits per heavy atom. The van der Waals surface area contributed by atoms with E-state index >= 15 is 0 Å². The average molecular weight is 410 g/mol. The number of methoxy groups -OCH3 is 2. The van der Waals surface area contributed by atoms with Crippen molar-refractivity contribution in [2.45, 2.75) is 0 Å². The molecule has 0 aliphatic heterocycles. The Bertz CT molecular complexity index is 679. The van der Waals surface area contributed by atoms with E-state index in [9.17, 15) is 4.79 Å². The standard InChI is InChI=1S/C16H15IN2O3/c1-21-12-7-11(8-13(9-12)22-2)3-4-16(20)19-15-5-6-18-10-14(15)17/h3-10H,1-2H3,(H,18,19,20). The molecule has 0 bridgehead atoms. The summed E-state index contributed by atoms with van der Waals surface area (Å²) >= 11 is 2.12. The van der Waals surface area contributed by atoms with Crippen molar-refractivity contribution < 1.29 is 14.3 Å². The molecule has 114 valence electrons. The second-order valence-electron chi connectivity index (χ2n) is 4.32. The summed E-state index contributed by atoms with van der Waals surface area (Å²) in [6.45, 7) is 0. The Labute approximate surface area is 142 Å². The maximum atomic E-state index is 12.0. The fraction of sp³-hybridized carbons (Fsp3) is 0.125. The highest BCUT2D eigenvalue weighted by Gasteiger charge is 2.03. The second kappa shape index (κ2) is 7.79. The maximum absolute atomic E-state index is 12.0. The number of hydrogen-bond acceptors (Lipinski definition) is 4. The zero-order valence-corrected chi connectivity index (χ0v) is 14.3. The minimum absolute atomic E-state index is 0.217. The first kappa shape index (κ1) is 16.3. The zero-order valence-electron chi connectivity index (χ0n) is 12.2. The summed E-state index contributed by atoms with van der Waals surface area (Å²) in [5, 5.41) is 2.80. The van der Waals surface area contributed by atoms with Crippen molar-refractivity contribution in [3.63, 3.8) is 0 Å². The number of pyridine rings is 1. The summed E-state index contributed by atoms with van der Waals surface area (Å²) in [7, 11) is 3.17. The molecular weight excluding hydrogens is 395 g/mol. The molecule has 6 heteroatoms. The highest BCUT2D eigenvalue weighted by Crippen LogP contribution is 2.23. The molecule has 0 aliphatic rings. The predicted molar refractivity (Wildman–Crippen MR) is 94.2 cm³/mol. The molecular formula is C16H15IN2O3. The third kappa shape index (κ3) is 4.45. The number of amides is 1. The van der Waals surface area contributed by atoms with Crippen molar-refractivity contribution in [3.8, 4) is 11.5 Å². The quantitative estimate of drug-likeness (QED) is 0.607. The minimum atomic E-state index is -0.217. The van der Waals surface area contributed by atoms with Crippen molar-refractivity contribution in [2.24, 2.45) is 0 Å². The van der Waals surface area contributed by atoms with E-state index in [1.165, 1.54) is 6.08 Å². The van der Waals surface area contributed by atoms with Gasteiger partial charge in [-0.3, -0.25) is 9.78 Å². The molecule has 0 fully saturated rings. The highest BCUT2D eigenvalue weighted by molar-refractivity contribution is 14.1. The summed E-state index contributed by atoms with van der Waals surface area (Å²) in [5.41, 5.74) is 1.55. The van der Waals surface area contributed by atoms with Crippen molar-refractivity contribution in [3.05, 3.63) is 51.9 Å². The van der Waals surface area contributed by atoms with Gasteiger partial charge in [-0.05, 0) is 52.4 Å². The van der Waals surface area contributed by atoms with Crippen LogP contribution in [0.3, 0.4) is 0 Å². The molecule has 5 nitrogen and oxygen atoms in total. The Morgan fingerprint density at radius 2 is 1.91 bits per heavy atom. The van der Waals surface area contributed by atoms with Gasteiger partial charge in [-0.25, -0.2) is 0 Å². The van der Waals surface area contributed by atoms with Gasteiger partial charge in [-0.2, -0.15) is 0 Å². The smallest absolute Gasteiger partial charge is 0.248 e. The molecule has 0 saturated heterocycles. The fourth-order valence-electron chi connectivity index (χ4n) is 1.75. The minimum Gasteiger partial charge on any atom is -0.497 e. The average Bonchev–Trinajstić information content (AvgIpc) is 2.54. The van der Waals surface area contributed by atoms with Gasteiger partial charge < -0.3 is 14.8 Å². The van der Waals surface area contributed by atoms with Crippen LogP contribution in [0.2, 0.25) is 0 Å². The molecule has 0 aliphatic carbocycles. The van der Waals surface area contributed by atoms with Crippen LogP contribution in [-0.2, 0) is 4.79 Å². The van der Waals surface area contributed by atoms with Gasteiger partial charge in [0, 0.05) is 24.5 Å². The van der Waals surface area contributed by atoms with E-state index in [-0.39, 0.29) is 5.91 Å². The van der Waals surface area contributed by atoms with Gasteiger partial charge in [0.2, 0.25) is 5.91 Å². The van der Waals surface area contributed by atoms with Gasteiger partial charge in [0.1, 0.15) is 11.5 Å². The molecule has 1 N–H and O–H groups in total. The number of anilines is 1. The zero-order chi connectivity index (χ0) is 15.9. The summed E-state index contributed by atoms with van der Waals surface area (Å²) in [6, 6.07) is 7.17. The van der Waals surface area contributed by atoms with Crippen LogP contribution in [-0.4, -0.2) is 25.1 Å². The first-order valence-corrected chi connectivity index (χ1v) is 7.52. The Kier molecular flexibility index (Phi) is 5.76. The SMILES string of the molecule is COc1cc(C=CC(=O)Nc2ccncc2I)cc(OC)c1. The Hall–Kier alpha value is -2.09. The van der Waals surface area contributed by atoms with Crippen LogP contribution in [0.1, 0.15) is 5.56 Å². The van der Waals surface area contributed by atoms with Crippen LogP contribution >= 0.6 is 22.6 Å². The lowest BCUT2D eigenvalue weighted by Crippen LogP contribution is -2.09. The lowest BCUT2D eigenvalue weighted by Gasteiger charge is -2.06. The molecule has 1 heterocycles. The van der Waals surface area contributed by atoms with Crippen molar-refractivity contribution in [1.29, 1.82) is 0 Å². The number of nitrogens with one attached hydrogen (secondary N) is 1. The van der Waals surface area contributed by atoms with E-state index in [1.54, 1.807) is 44.8 Å². The number of hydrogen-bond donors (Lipinski definition) is 1. The van der Waals surface area contributed by atoms with E-state index in [4.69, 9.17) is 9.47 Å². The topological polar surface area (TPSA) is 60.5 Å². The van der Waals surface area contributed by atoms with E-state index in [0.717, 1.165) is 14.8 Å². The summed E-state index contributed by atoms with van der Waals surface area (Å²) in [6.07, 6.45) is 6.49. The predicted octanol–water partition coefficient (Wildman–Crippen LogP) is 3.36. The van der Waals surface area contributed by atoms with Gasteiger partial charge in [0.25, 0.3) is 0 Å². The molecule has 1 amide bonds. The molecule has 0 spiro atoms. The monoisotopic (exact) mass is 410 g/mol. The molecule has 1 aromatic carbocycles. The molecule has 22 heavy (non-hydrogen) atoms. The molecule has 0 atom stereocenters. The summed E-state index contributed by atoms with van der Waals surface area (Å²) in [5.74, 6) is 1.12. The summed E-state index contributed by atoms with van der Waals surface area (Å²) < 4.78 is 11.3. The first-order valence-electron chi connectivity index (χ1n) is 6.44. The number of rotatable bonds is 5. The van der Waals surface area contributed by atoms with Gasteiger partial charge in [-0.1, -0.05) is 0 Å². The Balaban J connectivity index is 2.11. The van der Waals surface area contributed by atoms with Crippen molar-refractivity contribution in [1.82, 2.24) is 4.98 Å². The van der Waals surface area contributed by atoms with Crippen molar-refractivity contribution >= 4 is 40.3 Å². The maximum Gasteiger partial charge on any atom is 0.248 e. The second-order valence-corrected chi connectivity index (χ2v) is 5.49. The number of carbonyl (C=O) groups excluding carboxylic acids is 1. The van der Waals surface area contributed by atoms with Gasteiger partial charge >= 0.3 is 0 Å². The van der Waals surface area contributed by atoms with E-state index in [1.807, 2.05) is 12.1 Å². The fourth-order valence-corrected chi connectivity index (χ4v) is 2.22. The number of benzene rings is 1. The van der Waals surface area contributed by atoms with E-state index in [0.29, 0.717) is 11.5 Å². The number of ether oxygens (including phenoxy) is 2. The van der Waals surface area contributed by atoms with Gasteiger partial charge in [-0.15, -0.1) is 0 Å². The normalized spacial score (nSPS) is 10.5. The van der Waals surface area contributed by atoms with Gasteiger partial charge in [0.05, 0.1) is 23.5 Å². The number of aromatic nitrogens is 1.